The molecule has 6 heteroatoms. The van der Waals surface area contributed by atoms with Gasteiger partial charge in [-0.1, -0.05) is 37.3 Å². The maximum Gasteiger partial charge on any atom is 0.193 e. The number of benzene rings is 1. The minimum atomic E-state index is 0.600. The van der Waals surface area contributed by atoms with E-state index in [0.29, 0.717) is 18.4 Å². The van der Waals surface area contributed by atoms with E-state index in [1.807, 2.05) is 13.2 Å². The lowest BCUT2D eigenvalue weighted by atomic mass is 9.82. The molecule has 0 radical (unpaired) electrons. The number of likely N-dealkylation sites (tertiary alicyclic amines) is 1. The van der Waals surface area contributed by atoms with Gasteiger partial charge in [0.15, 0.2) is 10.9 Å². The van der Waals surface area contributed by atoms with Crippen molar-refractivity contribution in [3.63, 3.8) is 0 Å². The van der Waals surface area contributed by atoms with Gasteiger partial charge in [0.1, 0.15) is 0 Å². The Morgan fingerprint density at radius 1 is 1.35 bits per heavy atom. The topological polar surface area (TPSA) is 44.9 Å². The minimum Gasteiger partial charge on any atom is -0.351 e. The molecule has 0 bridgehead atoms. The quantitative estimate of drug-likeness (QED) is 0.568. The fraction of sp³-hybridized carbons (Fsp3) is 0.400. The number of aliphatic imine (C=N–C) groups is 1. The molecule has 1 fully saturated rings. The average molecular weight is 368 g/mol. The first kappa shape index (κ1) is 17.1. The summed E-state index contributed by atoms with van der Waals surface area (Å²) in [6.07, 6.45) is 5.28. The normalized spacial score (nSPS) is 21.3. The monoisotopic (exact) mass is 367 g/mol. The van der Waals surface area contributed by atoms with Crippen LogP contribution in [0.2, 0.25) is 0 Å². The highest BCUT2D eigenvalue weighted by atomic mass is 32.1. The van der Waals surface area contributed by atoms with E-state index >= 15 is 0 Å². The molecular weight excluding hydrogens is 342 g/mol. The standard InChI is InChI=1S/C20H25N5S/c1-15-13-24(9-8-18(15)16-6-4-3-5-7-16)19(21-2)22-12-17-14-25-10-11-26-20(25)23-17/h3-7,10-11,14-15,18H,8-9,12-13H2,1-2H3,(H,21,22). The van der Waals surface area contributed by atoms with Crippen LogP contribution in [0.15, 0.2) is 53.1 Å². The van der Waals surface area contributed by atoms with Gasteiger partial charge in [0.25, 0.3) is 0 Å². The zero-order valence-electron chi connectivity index (χ0n) is 15.3. The number of imidazole rings is 1. The molecule has 136 valence electrons. The predicted molar refractivity (Wildman–Crippen MR) is 108 cm³/mol. The number of guanidine groups is 1. The number of fused-ring (bicyclic) bond motifs is 1. The number of piperidine rings is 1. The first-order valence-electron chi connectivity index (χ1n) is 9.16. The second-order valence-electron chi connectivity index (χ2n) is 6.96. The Hall–Kier alpha value is -2.34. The van der Waals surface area contributed by atoms with Crippen molar-refractivity contribution in [1.29, 1.82) is 0 Å². The maximum atomic E-state index is 4.64. The fourth-order valence-corrected chi connectivity index (χ4v) is 4.62. The van der Waals surface area contributed by atoms with Crippen LogP contribution in [0.25, 0.3) is 4.96 Å². The second-order valence-corrected chi connectivity index (χ2v) is 7.83. The summed E-state index contributed by atoms with van der Waals surface area (Å²) in [5, 5.41) is 5.54. The lowest BCUT2D eigenvalue weighted by Gasteiger charge is -2.38. The first-order valence-corrected chi connectivity index (χ1v) is 10.0. The van der Waals surface area contributed by atoms with Gasteiger partial charge in [0, 0.05) is 37.9 Å². The molecule has 2 aromatic heterocycles. The van der Waals surface area contributed by atoms with Crippen molar-refractivity contribution in [1.82, 2.24) is 19.6 Å². The summed E-state index contributed by atoms with van der Waals surface area (Å²) in [4.78, 5) is 12.6. The summed E-state index contributed by atoms with van der Waals surface area (Å²) in [7, 11) is 1.86. The number of nitrogens with zero attached hydrogens (tertiary/aromatic N) is 4. The van der Waals surface area contributed by atoms with Crippen molar-refractivity contribution in [3.05, 3.63) is 59.4 Å². The van der Waals surface area contributed by atoms with E-state index in [-0.39, 0.29) is 0 Å². The molecule has 2 unspecified atom stereocenters. The molecule has 3 heterocycles. The smallest absolute Gasteiger partial charge is 0.193 e. The lowest BCUT2D eigenvalue weighted by Crippen LogP contribution is -2.47. The van der Waals surface area contributed by atoms with Gasteiger partial charge in [0.05, 0.1) is 12.2 Å². The molecule has 2 atom stereocenters. The van der Waals surface area contributed by atoms with Crippen molar-refractivity contribution in [2.45, 2.75) is 25.8 Å². The number of thiazole rings is 1. The number of aromatic nitrogens is 2. The maximum absolute atomic E-state index is 4.64. The van der Waals surface area contributed by atoms with E-state index in [9.17, 15) is 0 Å². The Kier molecular flexibility index (Phi) is 4.93. The summed E-state index contributed by atoms with van der Waals surface area (Å²) in [5.74, 6) is 2.20. The summed E-state index contributed by atoms with van der Waals surface area (Å²) < 4.78 is 2.07. The summed E-state index contributed by atoms with van der Waals surface area (Å²) >= 11 is 1.66. The summed E-state index contributed by atoms with van der Waals surface area (Å²) in [5.41, 5.74) is 2.51. The van der Waals surface area contributed by atoms with Gasteiger partial charge in [-0.05, 0) is 23.8 Å². The number of hydrogen-bond donors (Lipinski definition) is 1. The van der Waals surface area contributed by atoms with E-state index in [1.54, 1.807) is 11.3 Å². The molecule has 0 saturated carbocycles. The van der Waals surface area contributed by atoms with Gasteiger partial charge in [-0.25, -0.2) is 4.98 Å². The van der Waals surface area contributed by atoms with Crippen LogP contribution in [0.1, 0.15) is 30.5 Å². The van der Waals surface area contributed by atoms with Crippen LogP contribution in [-0.2, 0) is 6.54 Å². The van der Waals surface area contributed by atoms with E-state index in [1.165, 1.54) is 5.56 Å². The van der Waals surface area contributed by atoms with Crippen LogP contribution < -0.4 is 5.32 Å². The van der Waals surface area contributed by atoms with E-state index < -0.39 is 0 Å². The van der Waals surface area contributed by atoms with Crippen molar-refractivity contribution in [3.8, 4) is 0 Å². The Morgan fingerprint density at radius 3 is 2.92 bits per heavy atom. The Labute approximate surface area is 158 Å². The van der Waals surface area contributed by atoms with Gasteiger partial charge >= 0.3 is 0 Å². The molecule has 0 spiro atoms. The van der Waals surface area contributed by atoms with Gasteiger partial charge in [0.2, 0.25) is 0 Å². The minimum absolute atomic E-state index is 0.600. The lowest BCUT2D eigenvalue weighted by molar-refractivity contribution is 0.234. The molecule has 1 aliphatic rings. The van der Waals surface area contributed by atoms with Crippen LogP contribution in [0.3, 0.4) is 0 Å². The zero-order valence-corrected chi connectivity index (χ0v) is 16.1. The highest BCUT2D eigenvalue weighted by molar-refractivity contribution is 7.15. The molecule has 1 saturated heterocycles. The summed E-state index contributed by atoms with van der Waals surface area (Å²) in [6.45, 7) is 5.11. The molecule has 4 rings (SSSR count). The van der Waals surface area contributed by atoms with E-state index in [0.717, 1.165) is 36.1 Å². The summed E-state index contributed by atoms with van der Waals surface area (Å²) in [6, 6.07) is 10.9. The predicted octanol–water partition coefficient (Wildman–Crippen LogP) is 3.60. The molecule has 26 heavy (non-hydrogen) atoms. The van der Waals surface area contributed by atoms with Gasteiger partial charge < -0.3 is 10.2 Å². The molecule has 1 N–H and O–H groups in total. The van der Waals surface area contributed by atoms with Gasteiger partial charge in [-0.2, -0.15) is 0 Å². The first-order chi connectivity index (χ1) is 12.7. The van der Waals surface area contributed by atoms with Crippen molar-refractivity contribution in [2.75, 3.05) is 20.1 Å². The highest BCUT2D eigenvalue weighted by Gasteiger charge is 2.28. The van der Waals surface area contributed by atoms with E-state index in [2.05, 4.69) is 73.4 Å². The van der Waals surface area contributed by atoms with Crippen LogP contribution in [-0.4, -0.2) is 40.4 Å². The molecule has 0 amide bonds. The van der Waals surface area contributed by atoms with Crippen LogP contribution in [0, 0.1) is 5.92 Å². The molecule has 3 aromatic rings. The third-order valence-electron chi connectivity index (χ3n) is 5.22. The molecule has 5 nitrogen and oxygen atoms in total. The van der Waals surface area contributed by atoms with Crippen molar-refractivity contribution in [2.24, 2.45) is 10.9 Å². The third-order valence-corrected chi connectivity index (χ3v) is 5.99. The number of hydrogen-bond acceptors (Lipinski definition) is 3. The Morgan fingerprint density at radius 2 is 2.19 bits per heavy atom. The SMILES string of the molecule is CN=C(NCc1cn2ccsc2n1)N1CCC(c2ccccc2)C(C)C1. The molecule has 0 aliphatic carbocycles. The van der Waals surface area contributed by atoms with Gasteiger partial charge in [-0.3, -0.25) is 9.39 Å². The molecule has 1 aliphatic heterocycles. The second kappa shape index (κ2) is 7.50. The number of rotatable bonds is 3. The zero-order chi connectivity index (χ0) is 17.9. The Bertz CT molecular complexity index is 853. The Balaban J connectivity index is 1.37. The number of nitrogens with one attached hydrogen (secondary N) is 1. The van der Waals surface area contributed by atoms with Crippen molar-refractivity contribution < 1.29 is 0 Å². The fourth-order valence-electron chi connectivity index (χ4n) is 3.90. The third kappa shape index (κ3) is 3.46. The van der Waals surface area contributed by atoms with Gasteiger partial charge in [-0.15, -0.1) is 11.3 Å². The highest BCUT2D eigenvalue weighted by Crippen LogP contribution is 2.32. The van der Waals surface area contributed by atoms with Crippen LogP contribution in [0.5, 0.6) is 0 Å². The van der Waals surface area contributed by atoms with Crippen molar-refractivity contribution >= 4 is 22.3 Å². The molecule has 1 aromatic carbocycles. The largest absolute Gasteiger partial charge is 0.351 e. The van der Waals surface area contributed by atoms with Crippen LogP contribution >= 0.6 is 11.3 Å². The van der Waals surface area contributed by atoms with E-state index in [4.69, 9.17) is 0 Å². The van der Waals surface area contributed by atoms with Crippen LogP contribution in [0.4, 0.5) is 0 Å². The average Bonchev–Trinajstić information content (AvgIpc) is 3.25. The molecular formula is C20H25N5S.